The number of imidazole rings is 1. The molecule has 0 N–H and O–H groups in total. The number of methoxy groups -OCH3 is 1. The predicted molar refractivity (Wildman–Crippen MR) is 112 cm³/mol. The van der Waals surface area contributed by atoms with E-state index in [4.69, 9.17) is 4.74 Å². The molecular formula is C20H24N6O3. The maximum atomic E-state index is 13.4. The molecule has 2 aromatic heterocycles. The highest BCUT2D eigenvalue weighted by Crippen LogP contribution is 2.29. The van der Waals surface area contributed by atoms with E-state index in [1.807, 2.05) is 48.7 Å². The molecule has 0 aliphatic carbocycles. The Labute approximate surface area is 167 Å². The maximum Gasteiger partial charge on any atom is 0.332 e. The van der Waals surface area contributed by atoms with Crippen LogP contribution in [0.1, 0.15) is 25.5 Å². The highest BCUT2D eigenvalue weighted by Gasteiger charge is 2.30. The third-order valence-electron chi connectivity index (χ3n) is 5.35. The lowest BCUT2D eigenvalue weighted by Crippen LogP contribution is -2.40. The topological polar surface area (TPSA) is 86.7 Å². The minimum absolute atomic E-state index is 0.149. The predicted octanol–water partition coefficient (Wildman–Crippen LogP) is 1.35. The first-order valence-electron chi connectivity index (χ1n) is 9.51. The zero-order valence-electron chi connectivity index (χ0n) is 17.0. The Balaban J connectivity index is 1.96. The Kier molecular flexibility index (Phi) is 4.83. The second kappa shape index (κ2) is 7.32. The number of hydrogen-bond donors (Lipinski definition) is 0. The molecular weight excluding hydrogens is 372 g/mol. The molecule has 152 valence electrons. The average molecular weight is 396 g/mol. The summed E-state index contributed by atoms with van der Waals surface area (Å²) in [6, 6.07) is 9.32. The number of nitrogens with zero attached hydrogens (tertiary/aromatic N) is 6. The van der Waals surface area contributed by atoms with Gasteiger partial charge in [0, 0.05) is 14.2 Å². The molecule has 3 aromatic rings. The lowest BCUT2D eigenvalue weighted by molar-refractivity contribution is 0.204. The molecule has 3 heterocycles. The van der Waals surface area contributed by atoms with Crippen molar-refractivity contribution in [3.05, 3.63) is 56.7 Å². The van der Waals surface area contributed by atoms with Crippen LogP contribution >= 0.6 is 0 Å². The summed E-state index contributed by atoms with van der Waals surface area (Å²) < 4.78 is 9.75. The molecule has 0 bridgehead atoms. The SMILES string of the molecule is COCCN1N=C(C)[C@@H](C)n2c1nc1c2c(=O)n(Cc2ccccc2)c(=O)n1C. The standard InChI is InChI=1S/C20H24N6O3/c1-13-14(2)26-16-17(21-19(26)25(22-13)10-11-29-4)23(3)20(28)24(18(16)27)12-15-8-6-5-7-9-15/h5-9,14H,10-12H2,1-4H3/t14-/m1/s1. The third-order valence-corrected chi connectivity index (χ3v) is 5.35. The molecule has 0 unspecified atom stereocenters. The van der Waals surface area contributed by atoms with Crippen LogP contribution in [0.4, 0.5) is 5.95 Å². The van der Waals surface area contributed by atoms with Gasteiger partial charge in [-0.3, -0.25) is 18.5 Å². The van der Waals surface area contributed by atoms with E-state index in [0.717, 1.165) is 11.3 Å². The van der Waals surface area contributed by atoms with E-state index in [2.05, 4.69) is 10.1 Å². The average Bonchev–Trinajstić information content (AvgIpc) is 3.13. The van der Waals surface area contributed by atoms with Gasteiger partial charge >= 0.3 is 5.69 Å². The fraction of sp³-hybridized carbons (Fsp3) is 0.400. The molecule has 1 aromatic carbocycles. The third kappa shape index (κ3) is 3.07. The van der Waals surface area contributed by atoms with Crippen LogP contribution < -0.4 is 16.3 Å². The number of anilines is 1. The van der Waals surface area contributed by atoms with Gasteiger partial charge in [0.15, 0.2) is 11.2 Å². The fourth-order valence-corrected chi connectivity index (χ4v) is 3.62. The molecule has 29 heavy (non-hydrogen) atoms. The van der Waals surface area contributed by atoms with Crippen molar-refractivity contribution in [2.45, 2.75) is 26.4 Å². The van der Waals surface area contributed by atoms with Gasteiger partial charge in [0.05, 0.1) is 31.4 Å². The number of aromatic nitrogens is 4. The van der Waals surface area contributed by atoms with Crippen LogP contribution in [0.3, 0.4) is 0 Å². The highest BCUT2D eigenvalue weighted by atomic mass is 16.5. The molecule has 0 amide bonds. The van der Waals surface area contributed by atoms with E-state index in [1.165, 1.54) is 9.13 Å². The molecule has 0 saturated carbocycles. The monoisotopic (exact) mass is 396 g/mol. The van der Waals surface area contributed by atoms with Crippen molar-refractivity contribution in [2.75, 3.05) is 25.3 Å². The number of aryl methyl sites for hydroxylation is 1. The lowest BCUT2D eigenvalue weighted by Gasteiger charge is -2.28. The number of hydrogen-bond acceptors (Lipinski definition) is 6. The number of ether oxygens (including phenoxy) is 1. The lowest BCUT2D eigenvalue weighted by atomic mass is 10.2. The Morgan fingerprint density at radius 3 is 2.59 bits per heavy atom. The largest absolute Gasteiger partial charge is 0.383 e. The first-order chi connectivity index (χ1) is 13.9. The highest BCUT2D eigenvalue weighted by molar-refractivity contribution is 5.91. The summed E-state index contributed by atoms with van der Waals surface area (Å²) in [5.74, 6) is 0.541. The van der Waals surface area contributed by atoms with Crippen molar-refractivity contribution in [1.29, 1.82) is 0 Å². The van der Waals surface area contributed by atoms with Gasteiger partial charge in [-0.25, -0.2) is 9.80 Å². The van der Waals surface area contributed by atoms with Crippen LogP contribution in [-0.2, 0) is 18.3 Å². The molecule has 0 fully saturated rings. The summed E-state index contributed by atoms with van der Waals surface area (Å²) in [6.07, 6.45) is 0. The zero-order valence-corrected chi connectivity index (χ0v) is 17.0. The van der Waals surface area contributed by atoms with Crippen LogP contribution in [0.5, 0.6) is 0 Å². The fourth-order valence-electron chi connectivity index (χ4n) is 3.62. The summed E-state index contributed by atoms with van der Waals surface area (Å²) in [4.78, 5) is 31.0. The molecule has 4 rings (SSSR count). The molecule has 1 atom stereocenters. The number of benzene rings is 1. The van der Waals surface area contributed by atoms with Crippen molar-refractivity contribution in [2.24, 2.45) is 12.1 Å². The Morgan fingerprint density at radius 2 is 1.90 bits per heavy atom. The minimum atomic E-state index is -0.393. The second-order valence-electron chi connectivity index (χ2n) is 7.21. The van der Waals surface area contributed by atoms with Gasteiger partial charge < -0.3 is 4.74 Å². The van der Waals surface area contributed by atoms with Crippen LogP contribution in [-0.4, -0.2) is 44.7 Å². The van der Waals surface area contributed by atoms with E-state index in [1.54, 1.807) is 19.2 Å². The van der Waals surface area contributed by atoms with E-state index < -0.39 is 5.69 Å². The molecule has 0 spiro atoms. The van der Waals surface area contributed by atoms with Gasteiger partial charge in [0.2, 0.25) is 5.95 Å². The maximum absolute atomic E-state index is 13.4. The van der Waals surface area contributed by atoms with Crippen molar-refractivity contribution in [1.82, 2.24) is 18.7 Å². The molecule has 9 heteroatoms. The number of hydrazone groups is 1. The van der Waals surface area contributed by atoms with Gasteiger partial charge in [-0.05, 0) is 19.4 Å². The Morgan fingerprint density at radius 1 is 1.17 bits per heavy atom. The Bertz CT molecular complexity index is 1200. The van der Waals surface area contributed by atoms with Crippen molar-refractivity contribution >= 4 is 22.8 Å². The smallest absolute Gasteiger partial charge is 0.332 e. The second-order valence-corrected chi connectivity index (χ2v) is 7.21. The van der Waals surface area contributed by atoms with Gasteiger partial charge in [-0.15, -0.1) is 0 Å². The summed E-state index contributed by atoms with van der Waals surface area (Å²) >= 11 is 0. The summed E-state index contributed by atoms with van der Waals surface area (Å²) in [6.45, 7) is 5.06. The van der Waals surface area contributed by atoms with Crippen LogP contribution in [0.25, 0.3) is 11.2 Å². The van der Waals surface area contributed by atoms with Gasteiger partial charge in [-0.2, -0.15) is 10.1 Å². The molecule has 0 saturated heterocycles. The number of rotatable bonds is 5. The molecule has 9 nitrogen and oxygen atoms in total. The van der Waals surface area contributed by atoms with Gasteiger partial charge in [0.25, 0.3) is 5.56 Å². The quantitative estimate of drug-likeness (QED) is 0.650. The van der Waals surface area contributed by atoms with Gasteiger partial charge in [0.1, 0.15) is 0 Å². The van der Waals surface area contributed by atoms with E-state index in [0.29, 0.717) is 30.3 Å². The zero-order chi connectivity index (χ0) is 20.7. The van der Waals surface area contributed by atoms with Crippen LogP contribution in [0, 0.1) is 0 Å². The van der Waals surface area contributed by atoms with Crippen molar-refractivity contribution in [3.8, 4) is 0 Å². The van der Waals surface area contributed by atoms with Crippen LogP contribution in [0.2, 0.25) is 0 Å². The first-order valence-corrected chi connectivity index (χ1v) is 9.51. The summed E-state index contributed by atoms with van der Waals surface area (Å²) in [5, 5.41) is 6.33. The number of fused-ring (bicyclic) bond motifs is 3. The molecule has 1 aliphatic rings. The normalized spacial score (nSPS) is 16.2. The minimum Gasteiger partial charge on any atom is -0.383 e. The summed E-state index contributed by atoms with van der Waals surface area (Å²) in [5.41, 5.74) is 1.77. The Hall–Kier alpha value is -3.20. The van der Waals surface area contributed by atoms with E-state index in [9.17, 15) is 9.59 Å². The van der Waals surface area contributed by atoms with E-state index >= 15 is 0 Å². The van der Waals surface area contributed by atoms with Crippen molar-refractivity contribution < 1.29 is 4.74 Å². The van der Waals surface area contributed by atoms with Gasteiger partial charge in [-0.1, -0.05) is 30.3 Å². The molecule has 1 aliphatic heterocycles. The van der Waals surface area contributed by atoms with Crippen molar-refractivity contribution in [3.63, 3.8) is 0 Å². The molecule has 0 radical (unpaired) electrons. The summed E-state index contributed by atoms with van der Waals surface area (Å²) in [7, 11) is 3.26. The van der Waals surface area contributed by atoms with Crippen LogP contribution in [0.15, 0.2) is 45.0 Å². The van der Waals surface area contributed by atoms with E-state index in [-0.39, 0.29) is 18.1 Å². The first kappa shape index (κ1) is 19.1.